The molecule has 1 aliphatic rings. The van der Waals surface area contributed by atoms with Crippen molar-refractivity contribution in [2.45, 2.75) is 65.1 Å². The molecule has 3 heteroatoms. The summed E-state index contributed by atoms with van der Waals surface area (Å²) in [5.74, 6) is 1.02. The van der Waals surface area contributed by atoms with E-state index < -0.39 is 8.07 Å². The summed E-state index contributed by atoms with van der Waals surface area (Å²) in [4.78, 5) is 0. The SMILES string of the molecule is COc1c(C(C)(C)C)cc(Cl)cc1[Si](C)(C)C1(C)C=CC(C)=C1C. The van der Waals surface area contributed by atoms with Gasteiger partial charge in [-0.2, -0.15) is 0 Å². The summed E-state index contributed by atoms with van der Waals surface area (Å²) in [6.07, 6.45) is 4.66. The fourth-order valence-corrected chi connectivity index (χ4v) is 7.57. The number of allylic oxidation sites excluding steroid dienone is 4. The van der Waals surface area contributed by atoms with Gasteiger partial charge in [-0.15, -0.1) is 0 Å². The zero-order chi connectivity index (χ0) is 18.5. The Balaban J connectivity index is 2.77. The van der Waals surface area contributed by atoms with E-state index in [0.29, 0.717) is 0 Å². The summed E-state index contributed by atoms with van der Waals surface area (Å²) in [5.41, 5.74) is 4.04. The summed E-state index contributed by atoms with van der Waals surface area (Å²) in [5, 5.41) is 2.19. The number of benzene rings is 1. The first-order valence-corrected chi connectivity index (χ1v) is 12.0. The fourth-order valence-electron chi connectivity index (χ4n) is 3.74. The second-order valence-corrected chi connectivity index (χ2v) is 14.0. The molecule has 1 atom stereocenters. The average molecular weight is 363 g/mol. The fraction of sp³-hybridized carbons (Fsp3) is 0.524. The second-order valence-electron chi connectivity index (χ2n) is 8.75. The van der Waals surface area contributed by atoms with Gasteiger partial charge >= 0.3 is 0 Å². The molecule has 1 aromatic carbocycles. The molecule has 0 fully saturated rings. The highest BCUT2D eigenvalue weighted by Gasteiger charge is 2.47. The van der Waals surface area contributed by atoms with Crippen molar-refractivity contribution in [3.8, 4) is 5.75 Å². The number of halogens is 1. The average Bonchev–Trinajstić information content (AvgIpc) is 2.74. The molecule has 1 aromatic rings. The van der Waals surface area contributed by atoms with Crippen LogP contribution in [-0.4, -0.2) is 15.2 Å². The molecule has 132 valence electrons. The van der Waals surface area contributed by atoms with Gasteiger partial charge in [-0.05, 0) is 36.6 Å². The molecule has 1 unspecified atom stereocenters. The lowest BCUT2D eigenvalue weighted by molar-refractivity contribution is 0.400. The normalized spacial score (nSPS) is 21.6. The highest BCUT2D eigenvalue weighted by Crippen LogP contribution is 2.52. The largest absolute Gasteiger partial charge is 0.497 e. The maximum absolute atomic E-state index is 6.54. The maximum Gasteiger partial charge on any atom is 0.121 e. The first-order chi connectivity index (χ1) is 10.9. The smallest absolute Gasteiger partial charge is 0.121 e. The van der Waals surface area contributed by atoms with Crippen LogP contribution in [0.3, 0.4) is 0 Å². The Morgan fingerprint density at radius 1 is 1.12 bits per heavy atom. The molecule has 0 spiro atoms. The molecule has 0 amide bonds. The van der Waals surface area contributed by atoms with E-state index in [1.54, 1.807) is 7.11 Å². The highest BCUT2D eigenvalue weighted by atomic mass is 35.5. The van der Waals surface area contributed by atoms with Crippen LogP contribution in [0, 0.1) is 0 Å². The Hall–Kier alpha value is -0.993. The number of hydrogen-bond donors (Lipinski definition) is 0. The predicted octanol–water partition coefficient (Wildman–Crippen LogP) is 6.23. The van der Waals surface area contributed by atoms with Gasteiger partial charge in [-0.1, -0.05) is 75.7 Å². The lowest BCUT2D eigenvalue weighted by atomic mass is 9.86. The third-order valence-corrected chi connectivity index (χ3v) is 11.1. The minimum atomic E-state index is -1.94. The Morgan fingerprint density at radius 3 is 2.12 bits per heavy atom. The Labute approximate surface area is 153 Å². The van der Waals surface area contributed by atoms with Gasteiger partial charge in [0, 0.05) is 15.6 Å². The van der Waals surface area contributed by atoms with Crippen LogP contribution in [0.2, 0.25) is 23.2 Å². The van der Waals surface area contributed by atoms with Crippen molar-refractivity contribution in [3.63, 3.8) is 0 Å². The summed E-state index contributed by atoms with van der Waals surface area (Å²) < 4.78 is 5.95. The standard InChI is InChI=1S/C21H31ClOSi/c1-14-10-11-21(6,15(14)2)24(8,9)18-13-16(22)12-17(19(18)23-7)20(3,4)5/h10-13H,1-9H3. The van der Waals surface area contributed by atoms with Crippen LogP contribution in [0.1, 0.15) is 47.1 Å². The summed E-state index contributed by atoms with van der Waals surface area (Å²) in [7, 11) is -0.152. The van der Waals surface area contributed by atoms with Crippen molar-refractivity contribution in [1.29, 1.82) is 0 Å². The van der Waals surface area contributed by atoms with E-state index in [1.165, 1.54) is 21.9 Å². The van der Waals surface area contributed by atoms with Crippen molar-refractivity contribution >= 4 is 24.9 Å². The lowest BCUT2D eigenvalue weighted by Gasteiger charge is -2.42. The van der Waals surface area contributed by atoms with Gasteiger partial charge in [0.1, 0.15) is 5.75 Å². The van der Waals surface area contributed by atoms with Gasteiger partial charge in [0.15, 0.2) is 0 Å². The molecule has 0 bridgehead atoms. The minimum absolute atomic E-state index is 0.0112. The Bertz CT molecular complexity index is 722. The zero-order valence-electron chi connectivity index (χ0n) is 16.6. The lowest BCUT2D eigenvalue weighted by Crippen LogP contribution is -2.52. The first-order valence-electron chi connectivity index (χ1n) is 8.62. The van der Waals surface area contributed by atoms with Crippen LogP contribution in [0.5, 0.6) is 5.75 Å². The van der Waals surface area contributed by atoms with Crippen molar-refractivity contribution in [1.82, 2.24) is 0 Å². The van der Waals surface area contributed by atoms with Crippen LogP contribution < -0.4 is 9.92 Å². The molecular formula is C21H31ClOSi. The molecule has 1 aliphatic carbocycles. The zero-order valence-corrected chi connectivity index (χ0v) is 18.4. The van der Waals surface area contributed by atoms with Gasteiger partial charge in [0.2, 0.25) is 0 Å². The highest BCUT2D eigenvalue weighted by molar-refractivity contribution is 6.94. The van der Waals surface area contributed by atoms with Gasteiger partial charge in [-0.25, -0.2) is 0 Å². The van der Waals surface area contributed by atoms with Crippen LogP contribution >= 0.6 is 11.6 Å². The van der Waals surface area contributed by atoms with E-state index in [9.17, 15) is 0 Å². The van der Waals surface area contributed by atoms with E-state index in [-0.39, 0.29) is 10.5 Å². The predicted molar refractivity (Wildman–Crippen MR) is 110 cm³/mol. The summed E-state index contributed by atoms with van der Waals surface area (Å²) >= 11 is 6.54. The van der Waals surface area contributed by atoms with E-state index in [2.05, 4.69) is 78.9 Å². The topological polar surface area (TPSA) is 9.23 Å². The van der Waals surface area contributed by atoms with Crippen LogP contribution in [0.4, 0.5) is 0 Å². The van der Waals surface area contributed by atoms with Crippen LogP contribution in [0.15, 0.2) is 35.4 Å². The van der Waals surface area contributed by atoms with E-state index in [0.717, 1.165) is 10.8 Å². The molecule has 0 saturated heterocycles. The summed E-state index contributed by atoms with van der Waals surface area (Å²) in [6, 6.07) is 4.21. The van der Waals surface area contributed by atoms with E-state index in [4.69, 9.17) is 16.3 Å². The molecular weight excluding hydrogens is 332 g/mol. The molecule has 0 saturated carbocycles. The second kappa shape index (κ2) is 6.07. The molecule has 0 radical (unpaired) electrons. The third-order valence-electron chi connectivity index (χ3n) is 6.07. The van der Waals surface area contributed by atoms with Crippen LogP contribution in [0.25, 0.3) is 0 Å². The van der Waals surface area contributed by atoms with Gasteiger partial charge in [0.25, 0.3) is 0 Å². The number of ether oxygens (including phenoxy) is 1. The summed E-state index contributed by atoms with van der Waals surface area (Å²) in [6.45, 7) is 18.4. The van der Waals surface area contributed by atoms with Crippen molar-refractivity contribution in [2.75, 3.05) is 7.11 Å². The van der Waals surface area contributed by atoms with Gasteiger partial charge in [0.05, 0.1) is 15.2 Å². The third kappa shape index (κ3) is 2.88. The molecule has 0 N–H and O–H groups in total. The maximum atomic E-state index is 6.54. The Morgan fingerprint density at radius 2 is 1.71 bits per heavy atom. The monoisotopic (exact) mass is 362 g/mol. The van der Waals surface area contributed by atoms with Crippen LogP contribution in [-0.2, 0) is 5.41 Å². The van der Waals surface area contributed by atoms with Gasteiger partial charge in [-0.3, -0.25) is 0 Å². The molecule has 0 aliphatic heterocycles. The van der Waals surface area contributed by atoms with Crippen molar-refractivity contribution in [3.05, 3.63) is 46.0 Å². The quantitative estimate of drug-likeness (QED) is 0.579. The Kier molecular flexibility index (Phi) is 4.89. The van der Waals surface area contributed by atoms with Gasteiger partial charge < -0.3 is 4.74 Å². The van der Waals surface area contributed by atoms with E-state index in [1.807, 2.05) is 0 Å². The number of hydrogen-bond acceptors (Lipinski definition) is 1. The minimum Gasteiger partial charge on any atom is -0.497 e. The van der Waals surface area contributed by atoms with E-state index >= 15 is 0 Å². The number of rotatable bonds is 3. The molecule has 0 heterocycles. The van der Waals surface area contributed by atoms with Crippen molar-refractivity contribution in [2.24, 2.45) is 0 Å². The molecule has 2 rings (SSSR count). The molecule has 1 nitrogen and oxygen atoms in total. The first kappa shape index (κ1) is 19.3. The van der Waals surface area contributed by atoms with Crippen molar-refractivity contribution < 1.29 is 4.74 Å². The molecule has 24 heavy (non-hydrogen) atoms. The molecule has 0 aromatic heterocycles. The number of methoxy groups -OCH3 is 1.